The maximum Gasteiger partial charge on any atom is 0.144 e. The molecule has 2 bridgehead atoms. The number of ether oxygens (including phenoxy) is 1. The molecule has 2 fully saturated rings. The van der Waals surface area contributed by atoms with Crippen LogP contribution in [-0.2, 0) is 10.3 Å². The summed E-state index contributed by atoms with van der Waals surface area (Å²) in [4.78, 5) is 0. The zero-order valence-corrected chi connectivity index (χ0v) is 15.6. The largest absolute Gasteiger partial charge is 0.357 e. The van der Waals surface area contributed by atoms with E-state index in [0.717, 1.165) is 5.92 Å². The van der Waals surface area contributed by atoms with Crippen molar-refractivity contribution in [2.45, 2.75) is 37.4 Å². The topological polar surface area (TPSA) is 9.23 Å². The van der Waals surface area contributed by atoms with E-state index in [9.17, 15) is 0 Å². The lowest BCUT2D eigenvalue weighted by molar-refractivity contribution is -0.0711. The Morgan fingerprint density at radius 3 is 1.44 bits per heavy atom. The van der Waals surface area contributed by atoms with Crippen LogP contribution in [-0.4, -0.2) is 6.10 Å². The van der Waals surface area contributed by atoms with Gasteiger partial charge in [-0.2, -0.15) is 0 Å². The second-order valence-corrected chi connectivity index (χ2v) is 8.11. The van der Waals surface area contributed by atoms with Crippen LogP contribution in [0.1, 0.15) is 42.4 Å². The maximum absolute atomic E-state index is 7.19. The lowest BCUT2D eigenvalue weighted by Gasteiger charge is -2.40. The van der Waals surface area contributed by atoms with Gasteiger partial charge in [0.1, 0.15) is 5.60 Å². The zero-order chi connectivity index (χ0) is 18.1. The number of hydrogen-bond donors (Lipinski definition) is 0. The minimum absolute atomic E-state index is 0.337. The molecule has 1 heteroatoms. The molecule has 0 radical (unpaired) electrons. The van der Waals surface area contributed by atoms with Crippen LogP contribution >= 0.6 is 0 Å². The second-order valence-electron chi connectivity index (χ2n) is 8.11. The molecule has 2 aliphatic carbocycles. The lowest BCUT2D eigenvalue weighted by atomic mass is 9.79. The van der Waals surface area contributed by atoms with Gasteiger partial charge in [0.2, 0.25) is 0 Å². The number of fused-ring (bicyclic) bond motifs is 2. The summed E-state index contributed by atoms with van der Waals surface area (Å²) in [7, 11) is 0. The first-order valence-corrected chi connectivity index (χ1v) is 10.2. The third-order valence-corrected chi connectivity index (χ3v) is 6.54. The van der Waals surface area contributed by atoms with Crippen molar-refractivity contribution in [1.29, 1.82) is 0 Å². The van der Waals surface area contributed by atoms with Crippen LogP contribution in [0.4, 0.5) is 0 Å². The summed E-state index contributed by atoms with van der Waals surface area (Å²) in [5.74, 6) is 1.57. The number of hydrogen-bond acceptors (Lipinski definition) is 1. The van der Waals surface area contributed by atoms with Crippen molar-refractivity contribution in [3.63, 3.8) is 0 Å². The molecule has 3 aromatic carbocycles. The van der Waals surface area contributed by atoms with E-state index in [1.165, 1.54) is 42.4 Å². The fraction of sp³-hybridized carbons (Fsp3) is 0.308. The summed E-state index contributed by atoms with van der Waals surface area (Å²) in [5, 5.41) is 0. The highest BCUT2D eigenvalue weighted by Crippen LogP contribution is 2.50. The van der Waals surface area contributed by atoms with E-state index in [0.29, 0.717) is 12.0 Å². The molecule has 0 N–H and O–H groups in total. The Morgan fingerprint density at radius 1 is 0.593 bits per heavy atom. The molecule has 2 saturated carbocycles. The molecule has 0 aromatic heterocycles. The van der Waals surface area contributed by atoms with E-state index in [1.54, 1.807) is 0 Å². The van der Waals surface area contributed by atoms with Crippen LogP contribution in [0.5, 0.6) is 0 Å². The molecule has 0 heterocycles. The first-order chi connectivity index (χ1) is 13.4. The quantitative estimate of drug-likeness (QED) is 0.497. The van der Waals surface area contributed by atoms with E-state index in [4.69, 9.17) is 4.74 Å². The van der Waals surface area contributed by atoms with Gasteiger partial charge in [0, 0.05) is 0 Å². The van der Waals surface area contributed by atoms with Crippen molar-refractivity contribution < 1.29 is 4.74 Å². The predicted molar refractivity (Wildman–Crippen MR) is 110 cm³/mol. The number of rotatable bonds is 5. The number of benzene rings is 3. The Morgan fingerprint density at radius 2 is 1.07 bits per heavy atom. The minimum atomic E-state index is -0.557. The smallest absolute Gasteiger partial charge is 0.144 e. The Hall–Kier alpha value is -2.38. The van der Waals surface area contributed by atoms with Gasteiger partial charge in [0.25, 0.3) is 0 Å². The highest BCUT2D eigenvalue weighted by molar-refractivity contribution is 5.47. The fourth-order valence-corrected chi connectivity index (χ4v) is 5.28. The van der Waals surface area contributed by atoms with Crippen molar-refractivity contribution >= 4 is 0 Å². The standard InChI is InChI=1S/C26H26O/c1-4-10-22(11-5-1)26(23-12-6-2-7-13-23,24-14-8-3-9-15-24)27-25-19-20-16-17-21(25)18-20/h1-15,20-21,25H,16-19H2/t20-,21+,25-/m1/s1. The first-order valence-electron chi connectivity index (χ1n) is 10.2. The van der Waals surface area contributed by atoms with E-state index < -0.39 is 5.60 Å². The normalized spacial score (nSPS) is 24.2. The van der Waals surface area contributed by atoms with Crippen LogP contribution < -0.4 is 0 Å². The van der Waals surface area contributed by atoms with E-state index in [-0.39, 0.29) is 0 Å². The fourth-order valence-electron chi connectivity index (χ4n) is 5.28. The van der Waals surface area contributed by atoms with Crippen molar-refractivity contribution in [2.75, 3.05) is 0 Å². The molecule has 0 saturated heterocycles. The second kappa shape index (κ2) is 6.98. The van der Waals surface area contributed by atoms with E-state index in [1.807, 2.05) is 0 Å². The lowest BCUT2D eigenvalue weighted by Crippen LogP contribution is -2.38. The molecule has 3 aromatic rings. The highest BCUT2D eigenvalue weighted by atomic mass is 16.5. The van der Waals surface area contributed by atoms with Crippen molar-refractivity contribution in [3.05, 3.63) is 108 Å². The molecular weight excluding hydrogens is 328 g/mol. The predicted octanol–water partition coefficient (Wildman–Crippen LogP) is 6.18. The summed E-state index contributed by atoms with van der Waals surface area (Å²) < 4.78 is 7.19. The molecule has 0 unspecified atom stereocenters. The summed E-state index contributed by atoms with van der Waals surface area (Å²) >= 11 is 0. The first kappa shape index (κ1) is 16.8. The Balaban J connectivity index is 1.69. The van der Waals surface area contributed by atoms with Gasteiger partial charge in [0.15, 0.2) is 0 Å². The zero-order valence-electron chi connectivity index (χ0n) is 15.6. The van der Waals surface area contributed by atoms with Gasteiger partial charge < -0.3 is 4.74 Å². The maximum atomic E-state index is 7.19. The monoisotopic (exact) mass is 354 g/mol. The average molecular weight is 354 g/mol. The van der Waals surface area contributed by atoms with Crippen molar-refractivity contribution in [2.24, 2.45) is 11.8 Å². The molecule has 5 rings (SSSR count). The van der Waals surface area contributed by atoms with Crippen LogP contribution in [0.2, 0.25) is 0 Å². The SMILES string of the molecule is c1ccc(C(O[C@@H]2C[C@@H]3CC[C@H]2C3)(c2ccccc2)c2ccccc2)cc1. The third-order valence-electron chi connectivity index (χ3n) is 6.54. The molecule has 1 nitrogen and oxygen atoms in total. The van der Waals surface area contributed by atoms with Gasteiger partial charge >= 0.3 is 0 Å². The summed E-state index contributed by atoms with van der Waals surface area (Å²) in [6, 6.07) is 32.3. The van der Waals surface area contributed by atoms with Gasteiger partial charge in [0.05, 0.1) is 6.10 Å². The molecule has 27 heavy (non-hydrogen) atoms. The third kappa shape index (κ3) is 2.91. The molecule has 3 atom stereocenters. The van der Waals surface area contributed by atoms with Crippen LogP contribution in [0.15, 0.2) is 91.0 Å². The molecular formula is C26H26O. The van der Waals surface area contributed by atoms with Crippen LogP contribution in [0.3, 0.4) is 0 Å². The van der Waals surface area contributed by atoms with Crippen LogP contribution in [0.25, 0.3) is 0 Å². The molecule has 0 aliphatic heterocycles. The highest BCUT2D eigenvalue weighted by Gasteiger charge is 2.46. The van der Waals surface area contributed by atoms with E-state index >= 15 is 0 Å². The minimum Gasteiger partial charge on any atom is -0.357 e. The Bertz CT molecular complexity index is 775. The molecule has 0 amide bonds. The van der Waals surface area contributed by atoms with Crippen LogP contribution in [0, 0.1) is 11.8 Å². The Labute approximate surface area is 162 Å². The molecule has 136 valence electrons. The molecule has 2 aliphatic rings. The van der Waals surface area contributed by atoms with Gasteiger partial charge in [-0.3, -0.25) is 0 Å². The van der Waals surface area contributed by atoms with Crippen molar-refractivity contribution in [1.82, 2.24) is 0 Å². The van der Waals surface area contributed by atoms with Gasteiger partial charge in [-0.1, -0.05) is 91.0 Å². The van der Waals surface area contributed by atoms with Gasteiger partial charge in [-0.25, -0.2) is 0 Å². The van der Waals surface area contributed by atoms with Gasteiger partial charge in [-0.05, 0) is 54.2 Å². The average Bonchev–Trinajstić information content (AvgIpc) is 3.37. The van der Waals surface area contributed by atoms with E-state index in [2.05, 4.69) is 91.0 Å². The summed E-state index contributed by atoms with van der Waals surface area (Å²) in [5.41, 5.74) is 3.08. The van der Waals surface area contributed by atoms with Gasteiger partial charge in [-0.15, -0.1) is 0 Å². The van der Waals surface area contributed by atoms with Crippen molar-refractivity contribution in [3.8, 4) is 0 Å². The molecule has 0 spiro atoms. The summed E-state index contributed by atoms with van der Waals surface area (Å²) in [6.45, 7) is 0. The summed E-state index contributed by atoms with van der Waals surface area (Å²) in [6.07, 6.45) is 5.60. The Kier molecular flexibility index (Phi) is 4.33.